The van der Waals surface area contributed by atoms with E-state index < -0.39 is 0 Å². The van der Waals surface area contributed by atoms with Crippen molar-refractivity contribution in [3.63, 3.8) is 0 Å². The number of piperazine rings is 1. The van der Waals surface area contributed by atoms with Crippen LogP contribution in [0, 0.1) is 27.7 Å². The Bertz CT molecular complexity index is 1140. The number of carbonyl (C=O) groups is 1. The molecule has 0 aliphatic carbocycles. The summed E-state index contributed by atoms with van der Waals surface area (Å²) in [5.74, 6) is 1.74. The highest BCUT2D eigenvalue weighted by Gasteiger charge is 2.22. The van der Waals surface area contributed by atoms with Gasteiger partial charge in [0.25, 0.3) is 5.56 Å². The van der Waals surface area contributed by atoms with Crippen molar-refractivity contribution >= 4 is 33.3 Å². The quantitative estimate of drug-likeness (QED) is 0.636. The van der Waals surface area contributed by atoms with Crippen LogP contribution in [0.4, 0.5) is 5.82 Å². The van der Waals surface area contributed by atoms with Crippen LogP contribution >= 0.6 is 11.3 Å². The molecule has 0 radical (unpaired) electrons. The number of amides is 1. The Balaban J connectivity index is 1.38. The van der Waals surface area contributed by atoms with E-state index in [2.05, 4.69) is 19.9 Å². The smallest absolute Gasteiger partial charge is 0.262 e. The number of hydrogen-bond donors (Lipinski definition) is 0. The number of fused-ring (bicyclic) bond motifs is 1. The zero-order valence-electron chi connectivity index (χ0n) is 17.8. The highest BCUT2D eigenvalue weighted by Crippen LogP contribution is 2.25. The van der Waals surface area contributed by atoms with Crippen LogP contribution in [0.25, 0.3) is 10.2 Å². The lowest BCUT2D eigenvalue weighted by molar-refractivity contribution is -0.131. The molecule has 1 amide bonds. The summed E-state index contributed by atoms with van der Waals surface area (Å²) in [7, 11) is 0. The SMILES string of the molecule is Cc1cc(N2CCN(C(=O)CCn3cnc4sc(C)c(C)c4c3=O)CC2)nc(C)n1. The fraction of sp³-hybridized carbons (Fsp3) is 0.476. The maximum atomic E-state index is 12.8. The molecule has 0 aromatic carbocycles. The third-order valence-corrected chi connectivity index (χ3v) is 6.75. The molecule has 1 aliphatic heterocycles. The molecule has 0 spiro atoms. The van der Waals surface area contributed by atoms with Gasteiger partial charge in [0.15, 0.2) is 0 Å². The summed E-state index contributed by atoms with van der Waals surface area (Å²) in [5, 5.41) is 0.677. The number of aromatic nitrogens is 4. The Kier molecular flexibility index (Phi) is 5.55. The van der Waals surface area contributed by atoms with Gasteiger partial charge in [-0.05, 0) is 33.3 Å². The van der Waals surface area contributed by atoms with E-state index in [1.807, 2.05) is 38.7 Å². The molecule has 4 heterocycles. The molecule has 30 heavy (non-hydrogen) atoms. The molecule has 0 atom stereocenters. The second kappa shape index (κ2) is 8.14. The van der Waals surface area contributed by atoms with Crippen molar-refractivity contribution in [2.75, 3.05) is 31.1 Å². The van der Waals surface area contributed by atoms with Crippen molar-refractivity contribution in [1.29, 1.82) is 0 Å². The monoisotopic (exact) mass is 426 g/mol. The van der Waals surface area contributed by atoms with Gasteiger partial charge in [-0.1, -0.05) is 0 Å². The van der Waals surface area contributed by atoms with E-state index in [1.54, 1.807) is 10.9 Å². The van der Waals surface area contributed by atoms with Crippen molar-refractivity contribution in [3.05, 3.63) is 44.7 Å². The van der Waals surface area contributed by atoms with E-state index >= 15 is 0 Å². The number of anilines is 1. The molecule has 0 N–H and O–H groups in total. The highest BCUT2D eigenvalue weighted by atomic mass is 32.1. The van der Waals surface area contributed by atoms with Gasteiger partial charge in [0.05, 0.1) is 11.7 Å². The molecule has 1 saturated heterocycles. The van der Waals surface area contributed by atoms with Crippen molar-refractivity contribution in [2.45, 2.75) is 40.7 Å². The fourth-order valence-electron chi connectivity index (χ4n) is 3.85. The van der Waals surface area contributed by atoms with Crippen molar-refractivity contribution in [1.82, 2.24) is 24.4 Å². The standard InChI is InChI=1S/C21H26N6O2S/c1-13-11-17(24-16(4)23-13)25-7-9-26(10-8-25)18(28)5-6-27-12-22-20-19(21(27)29)14(2)15(3)30-20/h11-12H,5-10H2,1-4H3. The lowest BCUT2D eigenvalue weighted by Crippen LogP contribution is -2.49. The van der Waals surface area contributed by atoms with E-state index in [-0.39, 0.29) is 11.5 Å². The second-order valence-corrected chi connectivity index (χ2v) is 8.94. The highest BCUT2D eigenvalue weighted by molar-refractivity contribution is 7.18. The molecule has 3 aromatic rings. The van der Waals surface area contributed by atoms with Crippen LogP contribution in [0.15, 0.2) is 17.2 Å². The normalized spacial score (nSPS) is 14.5. The third kappa shape index (κ3) is 3.94. The molecular weight excluding hydrogens is 400 g/mol. The first-order valence-corrected chi connectivity index (χ1v) is 11.0. The first kappa shape index (κ1) is 20.5. The molecule has 1 aliphatic rings. The van der Waals surface area contributed by atoms with Crippen LogP contribution in [-0.4, -0.2) is 56.5 Å². The van der Waals surface area contributed by atoms with E-state index in [0.29, 0.717) is 31.4 Å². The van der Waals surface area contributed by atoms with Gasteiger partial charge in [-0.3, -0.25) is 14.2 Å². The van der Waals surface area contributed by atoms with Crippen molar-refractivity contribution < 1.29 is 4.79 Å². The summed E-state index contributed by atoms with van der Waals surface area (Å²) in [5.41, 5.74) is 1.87. The van der Waals surface area contributed by atoms with Crippen LogP contribution < -0.4 is 10.5 Å². The van der Waals surface area contributed by atoms with Crippen LogP contribution in [-0.2, 0) is 11.3 Å². The Morgan fingerprint density at radius 3 is 2.53 bits per heavy atom. The average Bonchev–Trinajstić information content (AvgIpc) is 3.01. The zero-order chi connectivity index (χ0) is 21.4. The lowest BCUT2D eigenvalue weighted by Gasteiger charge is -2.35. The van der Waals surface area contributed by atoms with Crippen molar-refractivity contribution in [3.8, 4) is 0 Å². The van der Waals surface area contributed by atoms with E-state index in [9.17, 15) is 9.59 Å². The van der Waals surface area contributed by atoms with Gasteiger partial charge in [-0.15, -0.1) is 11.3 Å². The number of aryl methyl sites for hydroxylation is 5. The minimum absolute atomic E-state index is 0.0611. The Hall–Kier alpha value is -2.81. The number of thiophene rings is 1. The summed E-state index contributed by atoms with van der Waals surface area (Å²) in [6.45, 7) is 10.9. The number of nitrogens with zero attached hydrogens (tertiary/aromatic N) is 6. The number of carbonyl (C=O) groups excluding carboxylic acids is 1. The molecule has 8 nitrogen and oxygen atoms in total. The van der Waals surface area contributed by atoms with Crippen LogP contribution in [0.5, 0.6) is 0 Å². The Morgan fingerprint density at radius 2 is 1.83 bits per heavy atom. The van der Waals surface area contributed by atoms with Gasteiger partial charge in [-0.2, -0.15) is 0 Å². The van der Waals surface area contributed by atoms with Gasteiger partial charge in [0.2, 0.25) is 5.91 Å². The predicted molar refractivity (Wildman–Crippen MR) is 118 cm³/mol. The zero-order valence-corrected chi connectivity index (χ0v) is 18.6. The maximum Gasteiger partial charge on any atom is 0.262 e. The van der Waals surface area contributed by atoms with E-state index in [4.69, 9.17) is 0 Å². The van der Waals surface area contributed by atoms with Crippen LogP contribution in [0.1, 0.15) is 28.4 Å². The third-order valence-electron chi connectivity index (χ3n) is 5.63. The first-order valence-electron chi connectivity index (χ1n) is 10.1. The molecule has 9 heteroatoms. The molecule has 1 fully saturated rings. The predicted octanol–water partition coefficient (Wildman–Crippen LogP) is 2.22. The lowest BCUT2D eigenvalue weighted by atomic mass is 10.2. The molecular formula is C21H26N6O2S. The minimum atomic E-state index is -0.0611. The summed E-state index contributed by atoms with van der Waals surface area (Å²) < 4.78 is 1.56. The number of rotatable bonds is 4. The first-order chi connectivity index (χ1) is 14.3. The summed E-state index contributed by atoms with van der Waals surface area (Å²) in [4.78, 5) is 44.7. The average molecular weight is 427 g/mol. The Labute approximate surface area is 179 Å². The molecule has 3 aromatic heterocycles. The molecule has 0 unspecified atom stereocenters. The fourth-order valence-corrected chi connectivity index (χ4v) is 4.84. The largest absolute Gasteiger partial charge is 0.353 e. The minimum Gasteiger partial charge on any atom is -0.353 e. The van der Waals surface area contributed by atoms with Gasteiger partial charge in [-0.25, -0.2) is 15.0 Å². The van der Waals surface area contributed by atoms with Crippen molar-refractivity contribution in [2.24, 2.45) is 0 Å². The van der Waals surface area contributed by atoms with Gasteiger partial charge in [0, 0.05) is 55.8 Å². The number of hydrogen-bond acceptors (Lipinski definition) is 7. The molecule has 4 rings (SSSR count). The topological polar surface area (TPSA) is 84.2 Å². The van der Waals surface area contributed by atoms with E-state index in [1.165, 1.54) is 11.3 Å². The van der Waals surface area contributed by atoms with E-state index in [0.717, 1.165) is 45.7 Å². The molecule has 0 saturated carbocycles. The maximum absolute atomic E-state index is 12.8. The summed E-state index contributed by atoms with van der Waals surface area (Å²) in [6, 6.07) is 1.98. The molecule has 0 bridgehead atoms. The molecule has 158 valence electrons. The van der Waals surface area contributed by atoms with Gasteiger partial charge < -0.3 is 9.80 Å². The van der Waals surface area contributed by atoms with Gasteiger partial charge >= 0.3 is 0 Å². The summed E-state index contributed by atoms with van der Waals surface area (Å²) in [6.07, 6.45) is 1.85. The second-order valence-electron chi connectivity index (χ2n) is 7.74. The van der Waals surface area contributed by atoms with Crippen LogP contribution in [0.2, 0.25) is 0 Å². The van der Waals surface area contributed by atoms with Crippen LogP contribution in [0.3, 0.4) is 0 Å². The van der Waals surface area contributed by atoms with Gasteiger partial charge in [0.1, 0.15) is 16.5 Å². The Morgan fingerprint density at radius 1 is 1.10 bits per heavy atom. The summed E-state index contributed by atoms with van der Waals surface area (Å²) >= 11 is 1.54.